The highest BCUT2D eigenvalue weighted by Gasteiger charge is 2.07. The van der Waals surface area contributed by atoms with Gasteiger partial charge in [0.15, 0.2) is 0 Å². The number of nitrogens with one attached hydrogen (secondary N) is 1. The Morgan fingerprint density at radius 2 is 2.31 bits per heavy atom. The molecule has 0 bridgehead atoms. The summed E-state index contributed by atoms with van der Waals surface area (Å²) in [6, 6.07) is 4.98. The van der Waals surface area contributed by atoms with Crippen LogP contribution in [0.1, 0.15) is 5.56 Å². The molecular formula is C9H10ClN5O. The molecule has 1 aromatic heterocycles. The summed E-state index contributed by atoms with van der Waals surface area (Å²) in [6.07, 6.45) is 0. The number of hydrogen-bond acceptors (Lipinski definition) is 5. The first-order valence-electron chi connectivity index (χ1n) is 4.61. The first kappa shape index (κ1) is 10.7. The molecule has 0 saturated carbocycles. The molecule has 0 aliphatic heterocycles. The Morgan fingerprint density at radius 1 is 1.50 bits per heavy atom. The van der Waals surface area contributed by atoms with E-state index in [1.165, 1.54) is 4.68 Å². The normalized spacial score (nSPS) is 10.4. The van der Waals surface area contributed by atoms with Gasteiger partial charge >= 0.3 is 0 Å². The Morgan fingerprint density at radius 3 is 2.94 bits per heavy atom. The number of phenols is 1. The van der Waals surface area contributed by atoms with E-state index in [4.69, 9.17) is 11.6 Å². The first-order chi connectivity index (χ1) is 7.68. The lowest BCUT2D eigenvalue weighted by molar-refractivity contribution is 0.469. The standard InChI is InChI=1S/C9H10ClN5O/c1-15-9(12-13-14-15)11-5-6-7(10)3-2-4-8(6)16/h2-4,16H,5H2,1H3,(H,11,12,14). The SMILES string of the molecule is Cn1nnnc1NCc1c(O)cccc1Cl. The number of anilines is 1. The third-order valence-electron chi connectivity index (χ3n) is 2.14. The third-order valence-corrected chi connectivity index (χ3v) is 2.49. The van der Waals surface area contributed by atoms with Gasteiger partial charge in [-0.05, 0) is 22.6 Å². The molecule has 7 heteroatoms. The van der Waals surface area contributed by atoms with Crippen LogP contribution in [0.5, 0.6) is 5.75 Å². The Labute approximate surface area is 96.8 Å². The van der Waals surface area contributed by atoms with Crippen LogP contribution < -0.4 is 5.32 Å². The van der Waals surface area contributed by atoms with E-state index in [0.717, 1.165) is 0 Å². The lowest BCUT2D eigenvalue weighted by atomic mass is 10.2. The molecular weight excluding hydrogens is 230 g/mol. The summed E-state index contributed by atoms with van der Waals surface area (Å²) in [5.41, 5.74) is 0.618. The van der Waals surface area contributed by atoms with E-state index in [2.05, 4.69) is 20.8 Å². The highest BCUT2D eigenvalue weighted by atomic mass is 35.5. The van der Waals surface area contributed by atoms with Gasteiger partial charge in [0.25, 0.3) is 0 Å². The maximum Gasteiger partial charge on any atom is 0.242 e. The van der Waals surface area contributed by atoms with E-state index in [1.807, 2.05) is 0 Å². The molecule has 16 heavy (non-hydrogen) atoms. The molecule has 0 unspecified atom stereocenters. The van der Waals surface area contributed by atoms with Crippen molar-refractivity contribution >= 4 is 17.5 Å². The topological polar surface area (TPSA) is 75.9 Å². The molecule has 2 N–H and O–H groups in total. The zero-order valence-electron chi connectivity index (χ0n) is 8.55. The summed E-state index contributed by atoms with van der Waals surface area (Å²) < 4.78 is 1.49. The Balaban J connectivity index is 2.14. The van der Waals surface area contributed by atoms with Crippen molar-refractivity contribution in [1.82, 2.24) is 20.2 Å². The van der Waals surface area contributed by atoms with Crippen LogP contribution in [0.15, 0.2) is 18.2 Å². The molecule has 0 spiro atoms. The second-order valence-electron chi connectivity index (χ2n) is 3.22. The maximum absolute atomic E-state index is 9.61. The average molecular weight is 240 g/mol. The van der Waals surface area contributed by atoms with Crippen molar-refractivity contribution in [2.45, 2.75) is 6.54 Å². The van der Waals surface area contributed by atoms with Crippen LogP contribution in [-0.4, -0.2) is 25.3 Å². The zero-order valence-corrected chi connectivity index (χ0v) is 9.31. The molecule has 1 aromatic carbocycles. The highest BCUT2D eigenvalue weighted by molar-refractivity contribution is 6.31. The summed E-state index contributed by atoms with van der Waals surface area (Å²) in [6.45, 7) is 0.361. The van der Waals surface area contributed by atoms with Gasteiger partial charge in [-0.15, -0.1) is 0 Å². The molecule has 84 valence electrons. The highest BCUT2D eigenvalue weighted by Crippen LogP contribution is 2.25. The van der Waals surface area contributed by atoms with Crippen molar-refractivity contribution in [3.05, 3.63) is 28.8 Å². The summed E-state index contributed by atoms with van der Waals surface area (Å²) in [5, 5.41) is 24.0. The average Bonchev–Trinajstić information content (AvgIpc) is 2.64. The quantitative estimate of drug-likeness (QED) is 0.841. The summed E-state index contributed by atoms with van der Waals surface area (Å²) in [5.74, 6) is 0.662. The van der Waals surface area contributed by atoms with Gasteiger partial charge in [-0.1, -0.05) is 22.8 Å². The molecule has 0 aliphatic rings. The van der Waals surface area contributed by atoms with Crippen molar-refractivity contribution in [2.75, 3.05) is 5.32 Å². The number of tetrazole rings is 1. The van der Waals surface area contributed by atoms with Gasteiger partial charge in [0.05, 0.1) is 0 Å². The molecule has 0 aliphatic carbocycles. The predicted molar refractivity (Wildman–Crippen MR) is 59.2 cm³/mol. The molecule has 0 fully saturated rings. The number of rotatable bonds is 3. The molecule has 0 atom stereocenters. The van der Waals surface area contributed by atoms with Crippen LogP contribution in [0.2, 0.25) is 5.02 Å². The minimum Gasteiger partial charge on any atom is -0.508 e. The second-order valence-corrected chi connectivity index (χ2v) is 3.62. The molecule has 0 saturated heterocycles. The summed E-state index contributed by atoms with van der Waals surface area (Å²) in [7, 11) is 1.72. The van der Waals surface area contributed by atoms with Gasteiger partial charge in [-0.25, -0.2) is 4.68 Å². The van der Waals surface area contributed by atoms with Crippen molar-refractivity contribution in [3.8, 4) is 5.75 Å². The Bertz CT molecular complexity index is 478. The molecule has 1 heterocycles. The zero-order chi connectivity index (χ0) is 11.5. The van der Waals surface area contributed by atoms with E-state index in [9.17, 15) is 5.11 Å². The van der Waals surface area contributed by atoms with Crippen LogP contribution in [0.3, 0.4) is 0 Å². The molecule has 6 nitrogen and oxygen atoms in total. The van der Waals surface area contributed by atoms with Crippen molar-refractivity contribution in [3.63, 3.8) is 0 Å². The lowest BCUT2D eigenvalue weighted by Gasteiger charge is -2.07. The monoisotopic (exact) mass is 239 g/mol. The second kappa shape index (κ2) is 4.36. The number of phenolic OH excluding ortho intramolecular Hbond substituents is 1. The smallest absolute Gasteiger partial charge is 0.242 e. The Kier molecular flexibility index (Phi) is 2.91. The fourth-order valence-corrected chi connectivity index (χ4v) is 1.51. The van der Waals surface area contributed by atoms with E-state index < -0.39 is 0 Å². The third kappa shape index (κ3) is 2.06. The van der Waals surface area contributed by atoms with Crippen molar-refractivity contribution < 1.29 is 5.11 Å². The van der Waals surface area contributed by atoms with Crippen LogP contribution >= 0.6 is 11.6 Å². The fourth-order valence-electron chi connectivity index (χ4n) is 1.27. The lowest BCUT2D eigenvalue weighted by Crippen LogP contribution is -2.06. The molecule has 0 radical (unpaired) electrons. The first-order valence-corrected chi connectivity index (χ1v) is 4.99. The van der Waals surface area contributed by atoms with Gasteiger partial charge in [-0.2, -0.15) is 0 Å². The minimum absolute atomic E-state index is 0.148. The maximum atomic E-state index is 9.61. The number of aromatic hydroxyl groups is 1. The van der Waals surface area contributed by atoms with Gasteiger partial charge in [-0.3, -0.25) is 0 Å². The van der Waals surface area contributed by atoms with Crippen LogP contribution in [0, 0.1) is 0 Å². The van der Waals surface area contributed by atoms with Gasteiger partial charge in [0, 0.05) is 24.2 Å². The number of aromatic nitrogens is 4. The number of benzene rings is 1. The predicted octanol–water partition coefficient (Wildman–Crippen LogP) is 1.18. The number of hydrogen-bond donors (Lipinski definition) is 2. The van der Waals surface area contributed by atoms with Crippen LogP contribution in [0.25, 0.3) is 0 Å². The number of nitrogens with zero attached hydrogens (tertiary/aromatic N) is 4. The molecule has 2 aromatic rings. The van der Waals surface area contributed by atoms with Crippen molar-refractivity contribution in [1.29, 1.82) is 0 Å². The summed E-state index contributed by atoms with van der Waals surface area (Å²) in [4.78, 5) is 0. The number of aryl methyl sites for hydroxylation is 1. The van der Waals surface area contributed by atoms with E-state index in [1.54, 1.807) is 25.2 Å². The summed E-state index contributed by atoms with van der Waals surface area (Å²) >= 11 is 5.95. The van der Waals surface area contributed by atoms with E-state index in [-0.39, 0.29) is 5.75 Å². The van der Waals surface area contributed by atoms with Gasteiger partial charge in [0.1, 0.15) is 5.75 Å². The van der Waals surface area contributed by atoms with Gasteiger partial charge < -0.3 is 10.4 Å². The largest absolute Gasteiger partial charge is 0.508 e. The molecule has 0 amide bonds. The minimum atomic E-state index is 0.148. The fraction of sp³-hybridized carbons (Fsp3) is 0.222. The van der Waals surface area contributed by atoms with Crippen LogP contribution in [0.4, 0.5) is 5.95 Å². The van der Waals surface area contributed by atoms with Gasteiger partial charge in [0.2, 0.25) is 5.95 Å². The van der Waals surface area contributed by atoms with Crippen LogP contribution in [-0.2, 0) is 13.6 Å². The van der Waals surface area contributed by atoms with Crippen molar-refractivity contribution in [2.24, 2.45) is 7.05 Å². The Hall–Kier alpha value is -1.82. The number of halogens is 1. The van der Waals surface area contributed by atoms with E-state index >= 15 is 0 Å². The molecule has 2 rings (SSSR count). The van der Waals surface area contributed by atoms with E-state index in [0.29, 0.717) is 23.1 Å².